The van der Waals surface area contributed by atoms with Gasteiger partial charge in [0.25, 0.3) is 10.5 Å². The van der Waals surface area contributed by atoms with Gasteiger partial charge in [0.2, 0.25) is 5.89 Å². The number of aromatic nitrogens is 2. The second-order valence-corrected chi connectivity index (χ2v) is 3.80. The first-order chi connectivity index (χ1) is 7.58. The van der Waals surface area contributed by atoms with Crippen LogP contribution in [0.3, 0.4) is 0 Å². The molecule has 16 heavy (non-hydrogen) atoms. The molecule has 0 aliphatic rings. The van der Waals surface area contributed by atoms with Crippen LogP contribution >= 0.6 is 15.9 Å². The Hall–Kier alpha value is -1.76. The van der Waals surface area contributed by atoms with Crippen molar-refractivity contribution in [3.63, 3.8) is 0 Å². The molecule has 1 heterocycles. The van der Waals surface area contributed by atoms with Gasteiger partial charge < -0.3 is 4.42 Å². The highest BCUT2D eigenvalue weighted by Crippen LogP contribution is 2.25. The molecule has 6 nitrogen and oxygen atoms in total. The quantitative estimate of drug-likeness (QED) is 0.625. The molecule has 2 rings (SSSR count). The number of nitro groups is 1. The van der Waals surface area contributed by atoms with Crippen LogP contribution in [0.25, 0.3) is 11.5 Å². The Morgan fingerprint density at radius 1 is 1.44 bits per heavy atom. The monoisotopic (exact) mass is 283 g/mol. The van der Waals surface area contributed by atoms with Gasteiger partial charge in [-0.2, -0.15) is 0 Å². The zero-order valence-electron chi connectivity index (χ0n) is 8.18. The maximum absolute atomic E-state index is 10.6. The molecule has 0 radical (unpaired) electrons. The zero-order chi connectivity index (χ0) is 11.7. The van der Waals surface area contributed by atoms with Crippen LogP contribution in [0.2, 0.25) is 0 Å². The van der Waals surface area contributed by atoms with Gasteiger partial charge >= 0.3 is 0 Å². The fraction of sp³-hybridized carbons (Fsp3) is 0.111. The molecule has 0 spiro atoms. The largest absolute Gasteiger partial charge is 0.411 e. The van der Waals surface area contributed by atoms with Crippen LogP contribution in [-0.2, 0) is 0 Å². The van der Waals surface area contributed by atoms with Crippen LogP contribution in [0.4, 0.5) is 5.69 Å². The first-order valence-electron chi connectivity index (χ1n) is 4.32. The third-order valence-corrected chi connectivity index (χ3v) is 2.36. The van der Waals surface area contributed by atoms with Crippen LogP contribution in [0.15, 0.2) is 27.4 Å². The second kappa shape index (κ2) is 4.01. The van der Waals surface area contributed by atoms with Crippen molar-refractivity contribution in [1.29, 1.82) is 0 Å². The van der Waals surface area contributed by atoms with E-state index in [1.165, 1.54) is 6.07 Å². The minimum absolute atomic E-state index is 0.0716. The van der Waals surface area contributed by atoms with Crippen LogP contribution in [0.1, 0.15) is 5.56 Å². The van der Waals surface area contributed by atoms with E-state index in [9.17, 15) is 10.1 Å². The maximum atomic E-state index is 10.6. The number of hydrogen-bond acceptors (Lipinski definition) is 5. The van der Waals surface area contributed by atoms with Gasteiger partial charge in [-0.15, -0.1) is 10.2 Å². The van der Waals surface area contributed by atoms with Gasteiger partial charge in [-0.3, -0.25) is 10.1 Å². The third kappa shape index (κ3) is 1.94. The number of hydrogen-bond donors (Lipinski definition) is 0. The predicted molar refractivity (Wildman–Crippen MR) is 58.8 cm³/mol. The highest BCUT2D eigenvalue weighted by atomic mass is 79.9. The molecule has 0 aliphatic carbocycles. The number of nitro benzene ring substituents is 1. The minimum Gasteiger partial charge on any atom is -0.411 e. The van der Waals surface area contributed by atoms with Gasteiger partial charge in [0.05, 0.1) is 4.92 Å². The van der Waals surface area contributed by atoms with E-state index in [-0.39, 0.29) is 10.5 Å². The average Bonchev–Trinajstić information content (AvgIpc) is 2.64. The summed E-state index contributed by atoms with van der Waals surface area (Å²) in [5.74, 6) is 0.324. The van der Waals surface area contributed by atoms with E-state index in [0.717, 1.165) is 0 Å². The fourth-order valence-electron chi connectivity index (χ4n) is 1.32. The van der Waals surface area contributed by atoms with Crippen molar-refractivity contribution in [1.82, 2.24) is 10.2 Å². The molecule has 0 saturated carbocycles. The maximum Gasteiger partial charge on any atom is 0.285 e. The van der Waals surface area contributed by atoms with E-state index in [4.69, 9.17) is 4.42 Å². The predicted octanol–water partition coefficient (Wildman–Crippen LogP) is 2.72. The molecule has 0 N–H and O–H groups in total. The topological polar surface area (TPSA) is 82.1 Å². The number of aryl methyl sites for hydroxylation is 1. The summed E-state index contributed by atoms with van der Waals surface area (Å²) in [6.07, 6.45) is 0. The summed E-state index contributed by atoms with van der Waals surface area (Å²) in [5.41, 5.74) is 1.28. The van der Waals surface area contributed by atoms with E-state index in [1.54, 1.807) is 19.1 Å². The normalized spacial score (nSPS) is 10.4. The van der Waals surface area contributed by atoms with Crippen LogP contribution in [0, 0.1) is 17.0 Å². The van der Waals surface area contributed by atoms with Gasteiger partial charge in [-0.1, -0.05) is 0 Å². The second-order valence-electron chi connectivity index (χ2n) is 3.12. The SMILES string of the molecule is Cc1cc(-c2nnc(Br)o2)ccc1[N+](=O)[O-]. The van der Waals surface area contributed by atoms with Crippen LogP contribution in [0.5, 0.6) is 0 Å². The summed E-state index contributed by atoms with van der Waals surface area (Å²) >= 11 is 3.04. The fourth-order valence-corrected chi connectivity index (χ4v) is 1.55. The molecule has 0 saturated heterocycles. The van der Waals surface area contributed by atoms with E-state index in [0.29, 0.717) is 17.0 Å². The van der Waals surface area contributed by atoms with Gasteiger partial charge in [-0.25, -0.2) is 0 Å². The molecular weight excluding hydrogens is 278 g/mol. The molecule has 2 aromatic rings. The summed E-state index contributed by atoms with van der Waals surface area (Å²) in [5, 5.41) is 18.0. The van der Waals surface area contributed by atoms with Gasteiger partial charge in [0.1, 0.15) is 0 Å². The number of nitrogens with zero attached hydrogens (tertiary/aromatic N) is 3. The van der Waals surface area contributed by atoms with E-state index >= 15 is 0 Å². The number of benzene rings is 1. The summed E-state index contributed by atoms with van der Waals surface area (Å²) in [7, 11) is 0. The summed E-state index contributed by atoms with van der Waals surface area (Å²) in [4.78, 5) is 10.5. The molecule has 0 amide bonds. The zero-order valence-corrected chi connectivity index (χ0v) is 9.76. The highest BCUT2D eigenvalue weighted by Gasteiger charge is 2.13. The summed E-state index contributed by atoms with van der Waals surface area (Å²) in [6, 6.07) is 4.63. The first kappa shape index (κ1) is 10.7. The molecular formula is C9H6BrN3O3. The smallest absolute Gasteiger partial charge is 0.285 e. The lowest BCUT2D eigenvalue weighted by atomic mass is 10.1. The van der Waals surface area contributed by atoms with Crippen molar-refractivity contribution in [3.8, 4) is 11.5 Å². The Labute approximate surface area is 98.6 Å². The lowest BCUT2D eigenvalue weighted by molar-refractivity contribution is -0.385. The van der Waals surface area contributed by atoms with Crippen molar-refractivity contribution in [3.05, 3.63) is 38.7 Å². The summed E-state index contributed by atoms with van der Waals surface area (Å²) in [6.45, 7) is 1.66. The lowest BCUT2D eigenvalue weighted by Crippen LogP contribution is -1.91. The van der Waals surface area contributed by atoms with Crippen molar-refractivity contribution in [2.45, 2.75) is 6.92 Å². The molecule has 0 atom stereocenters. The Balaban J connectivity index is 2.45. The Kier molecular flexibility index (Phi) is 2.69. The Morgan fingerprint density at radius 2 is 2.19 bits per heavy atom. The highest BCUT2D eigenvalue weighted by molar-refractivity contribution is 9.10. The van der Waals surface area contributed by atoms with E-state index < -0.39 is 4.92 Å². The van der Waals surface area contributed by atoms with Crippen molar-refractivity contribution in [2.24, 2.45) is 0 Å². The van der Waals surface area contributed by atoms with Crippen molar-refractivity contribution < 1.29 is 9.34 Å². The first-order valence-corrected chi connectivity index (χ1v) is 5.11. The molecule has 0 fully saturated rings. The summed E-state index contributed by atoms with van der Waals surface area (Å²) < 4.78 is 5.15. The van der Waals surface area contributed by atoms with E-state index in [2.05, 4.69) is 26.1 Å². The van der Waals surface area contributed by atoms with Gasteiger partial charge in [-0.05, 0) is 19.1 Å². The molecule has 0 aliphatic heterocycles. The molecule has 7 heteroatoms. The molecule has 1 aromatic carbocycles. The molecule has 0 unspecified atom stereocenters. The van der Waals surface area contributed by atoms with Crippen molar-refractivity contribution >= 4 is 21.6 Å². The van der Waals surface area contributed by atoms with Gasteiger partial charge in [0, 0.05) is 33.1 Å². The van der Waals surface area contributed by atoms with Gasteiger partial charge in [0.15, 0.2) is 0 Å². The average molecular weight is 284 g/mol. The standard InChI is InChI=1S/C9H6BrN3O3/c1-5-4-6(2-3-7(5)13(14)15)8-11-12-9(10)16-8/h2-4H,1H3. The minimum atomic E-state index is -0.428. The molecule has 82 valence electrons. The molecule has 0 bridgehead atoms. The molecule has 1 aromatic heterocycles. The lowest BCUT2D eigenvalue weighted by Gasteiger charge is -1.98. The Bertz CT molecular complexity index is 553. The third-order valence-electron chi connectivity index (χ3n) is 2.04. The van der Waals surface area contributed by atoms with E-state index in [1.807, 2.05) is 0 Å². The van der Waals surface area contributed by atoms with Crippen LogP contribution in [-0.4, -0.2) is 15.1 Å². The Morgan fingerprint density at radius 3 is 2.69 bits per heavy atom. The van der Waals surface area contributed by atoms with Crippen molar-refractivity contribution in [2.75, 3.05) is 0 Å². The number of halogens is 1. The van der Waals surface area contributed by atoms with Crippen LogP contribution < -0.4 is 0 Å². The number of rotatable bonds is 2.